The monoisotopic (exact) mass is 651 g/mol. The number of nitrogens with one attached hydrogen (secondary N) is 1. The molecule has 2 heterocycles. The van der Waals surface area contributed by atoms with Gasteiger partial charge in [0, 0.05) is 18.5 Å². The number of thiophene rings is 1. The molecular weight excluding hydrogens is 619 g/mol. The molecule has 0 radical (unpaired) electrons. The Kier molecular flexibility index (Phi) is 10.9. The number of sulfone groups is 1. The van der Waals surface area contributed by atoms with Crippen molar-refractivity contribution in [3.05, 3.63) is 44.6 Å². The van der Waals surface area contributed by atoms with E-state index in [0.29, 0.717) is 35.4 Å². The maximum Gasteiger partial charge on any atom is 0.341 e. The van der Waals surface area contributed by atoms with E-state index in [1.54, 1.807) is 29.7 Å². The first-order valence-corrected chi connectivity index (χ1v) is 17.1. The highest BCUT2D eigenvalue weighted by Crippen LogP contribution is 2.38. The average Bonchev–Trinajstić information content (AvgIpc) is 3.36. The molecule has 0 bridgehead atoms. The van der Waals surface area contributed by atoms with Crippen molar-refractivity contribution >= 4 is 71.5 Å². The quantitative estimate of drug-likeness (QED) is 0.243. The predicted octanol–water partition coefficient (Wildman–Crippen LogP) is 3.12. The molecule has 232 valence electrons. The van der Waals surface area contributed by atoms with E-state index in [-0.39, 0.29) is 22.0 Å². The van der Waals surface area contributed by atoms with Crippen LogP contribution in [0, 0.1) is 0 Å². The highest BCUT2D eigenvalue weighted by atomic mass is 32.2. The van der Waals surface area contributed by atoms with Gasteiger partial charge in [0.2, 0.25) is 5.91 Å². The van der Waals surface area contributed by atoms with E-state index in [9.17, 15) is 27.6 Å². The zero-order valence-electron chi connectivity index (χ0n) is 24.1. The Labute approximate surface area is 256 Å². The Bertz CT molecular complexity index is 1720. The van der Waals surface area contributed by atoms with Crippen LogP contribution in [0.4, 0.5) is 5.00 Å². The lowest BCUT2D eigenvalue weighted by Crippen LogP contribution is -2.28. The van der Waals surface area contributed by atoms with Crippen molar-refractivity contribution in [3.8, 4) is 0 Å². The number of rotatable bonds is 11. The first-order valence-electron chi connectivity index (χ1n) is 13.7. The fourth-order valence-electron chi connectivity index (χ4n) is 4.79. The third-order valence-electron chi connectivity index (χ3n) is 6.69. The number of carbonyl (C=O) groups excluding carboxylic acids is 4. The number of amides is 2. The van der Waals surface area contributed by atoms with Crippen LogP contribution >= 0.6 is 22.7 Å². The van der Waals surface area contributed by atoms with Crippen LogP contribution in [0.15, 0.2) is 23.2 Å². The molecule has 43 heavy (non-hydrogen) atoms. The Morgan fingerprint density at radius 1 is 1.02 bits per heavy atom. The molecule has 1 aliphatic rings. The minimum absolute atomic E-state index is 0.161. The van der Waals surface area contributed by atoms with Gasteiger partial charge in [0.1, 0.15) is 16.5 Å². The number of methoxy groups -OCH3 is 2. The lowest BCUT2D eigenvalue weighted by Gasteiger charge is -2.08. The number of nitrogens with zero attached hydrogens (tertiary/aromatic N) is 2. The Balaban J connectivity index is 1.53. The molecule has 3 aromatic rings. The number of hydrogen-bond donors (Lipinski definition) is 1. The number of thiazole rings is 1. The molecule has 0 spiro atoms. The molecule has 1 aliphatic carbocycles. The van der Waals surface area contributed by atoms with Crippen molar-refractivity contribution in [3.63, 3.8) is 0 Å². The van der Waals surface area contributed by atoms with Gasteiger partial charge in [-0.3, -0.25) is 9.59 Å². The summed E-state index contributed by atoms with van der Waals surface area (Å²) in [5, 5.41) is 2.84. The number of ether oxygens (including phenoxy) is 3. The predicted molar refractivity (Wildman–Crippen MR) is 162 cm³/mol. The third kappa shape index (κ3) is 7.96. The van der Waals surface area contributed by atoms with Crippen LogP contribution < -0.4 is 10.1 Å². The lowest BCUT2D eigenvalue weighted by atomic mass is 10.1. The van der Waals surface area contributed by atoms with Crippen molar-refractivity contribution in [2.45, 2.75) is 45.6 Å². The van der Waals surface area contributed by atoms with Crippen molar-refractivity contribution < 1.29 is 41.8 Å². The molecular formula is C28H33N3O9S3. The van der Waals surface area contributed by atoms with Crippen LogP contribution in [0.2, 0.25) is 0 Å². The molecule has 15 heteroatoms. The SMILES string of the molecule is CCOC(=O)c1c(NC(=O)CS(=O)(=O)CC(=O)N=c2sc3cc(C(=O)OC)ccc3n2CCOC)sc2c1CCCCC2. The number of hydrogen-bond acceptors (Lipinski definition) is 11. The van der Waals surface area contributed by atoms with Gasteiger partial charge in [-0.05, 0) is 56.4 Å². The van der Waals surface area contributed by atoms with Crippen LogP contribution in [0.25, 0.3) is 10.2 Å². The topological polar surface area (TPSA) is 159 Å². The van der Waals surface area contributed by atoms with Gasteiger partial charge in [0.15, 0.2) is 14.6 Å². The molecule has 12 nitrogen and oxygen atoms in total. The van der Waals surface area contributed by atoms with Gasteiger partial charge in [-0.2, -0.15) is 4.99 Å². The largest absolute Gasteiger partial charge is 0.465 e. The molecule has 1 aromatic carbocycles. The van der Waals surface area contributed by atoms with Gasteiger partial charge < -0.3 is 24.1 Å². The zero-order chi connectivity index (χ0) is 31.1. The third-order valence-corrected chi connectivity index (χ3v) is 10.3. The normalized spacial score (nSPS) is 13.8. The number of aryl methyl sites for hydroxylation is 1. The van der Waals surface area contributed by atoms with Gasteiger partial charge in [0.05, 0.1) is 41.7 Å². The number of esters is 2. The van der Waals surface area contributed by atoms with E-state index in [1.807, 2.05) is 0 Å². The summed E-state index contributed by atoms with van der Waals surface area (Å²) in [6.45, 7) is 2.47. The maximum absolute atomic E-state index is 12.9. The van der Waals surface area contributed by atoms with Crippen LogP contribution in [-0.4, -0.2) is 75.7 Å². The smallest absolute Gasteiger partial charge is 0.341 e. The number of anilines is 1. The molecule has 4 rings (SSSR count). The van der Waals surface area contributed by atoms with Gasteiger partial charge >= 0.3 is 11.9 Å². The van der Waals surface area contributed by atoms with Crippen molar-refractivity contribution in [2.24, 2.45) is 4.99 Å². The van der Waals surface area contributed by atoms with Crippen molar-refractivity contribution in [1.29, 1.82) is 0 Å². The van der Waals surface area contributed by atoms with Crippen LogP contribution in [0.5, 0.6) is 0 Å². The molecule has 0 atom stereocenters. The van der Waals surface area contributed by atoms with Crippen molar-refractivity contribution in [1.82, 2.24) is 4.57 Å². The number of benzene rings is 1. The summed E-state index contributed by atoms with van der Waals surface area (Å²) in [5.41, 5.74) is 2.11. The molecule has 0 unspecified atom stereocenters. The molecule has 1 N–H and O–H groups in total. The van der Waals surface area contributed by atoms with Crippen LogP contribution in [-0.2, 0) is 53.0 Å². The number of carbonyl (C=O) groups is 4. The van der Waals surface area contributed by atoms with E-state index in [2.05, 4.69) is 10.3 Å². The fraction of sp³-hybridized carbons (Fsp3) is 0.464. The molecule has 0 aliphatic heterocycles. The van der Waals surface area contributed by atoms with Crippen LogP contribution in [0.1, 0.15) is 57.3 Å². The molecule has 2 aromatic heterocycles. The molecule has 0 saturated heterocycles. The average molecular weight is 652 g/mol. The van der Waals surface area contributed by atoms with Gasteiger partial charge in [-0.25, -0.2) is 18.0 Å². The first-order chi connectivity index (χ1) is 20.6. The Hall–Kier alpha value is -3.40. The second-order valence-corrected chi connectivity index (χ2v) is 14.0. The standard InChI is InChI=1S/C28H33N3O9S3/c1-4-40-27(35)24-18-8-6-5-7-9-20(18)41-25(24)29-22(32)15-43(36,37)16-23(33)30-28-31(12-13-38-2)19-11-10-17(26(34)39-3)14-21(19)42-28/h10-11,14H,4-9,12-13,15-16H2,1-3H3,(H,29,32). The zero-order valence-corrected chi connectivity index (χ0v) is 26.5. The summed E-state index contributed by atoms with van der Waals surface area (Å²) >= 11 is 2.36. The molecule has 0 saturated carbocycles. The first kappa shape index (κ1) is 32.5. The summed E-state index contributed by atoms with van der Waals surface area (Å²) < 4.78 is 43.2. The van der Waals surface area contributed by atoms with Crippen molar-refractivity contribution in [2.75, 3.05) is 44.3 Å². The number of fused-ring (bicyclic) bond motifs is 2. The summed E-state index contributed by atoms with van der Waals surface area (Å²) in [6, 6.07) is 4.87. The summed E-state index contributed by atoms with van der Waals surface area (Å²) in [7, 11) is -1.42. The Morgan fingerprint density at radius 3 is 2.51 bits per heavy atom. The van der Waals surface area contributed by atoms with Gasteiger partial charge in [-0.15, -0.1) is 11.3 Å². The highest BCUT2D eigenvalue weighted by molar-refractivity contribution is 7.92. The highest BCUT2D eigenvalue weighted by Gasteiger charge is 2.28. The van der Waals surface area contributed by atoms with E-state index in [1.165, 1.54) is 25.6 Å². The minimum Gasteiger partial charge on any atom is -0.465 e. The van der Waals surface area contributed by atoms with Crippen LogP contribution in [0.3, 0.4) is 0 Å². The second kappa shape index (κ2) is 14.4. The summed E-state index contributed by atoms with van der Waals surface area (Å²) in [5.74, 6) is -4.84. The number of aromatic nitrogens is 1. The van der Waals surface area contributed by atoms with E-state index in [4.69, 9.17) is 14.2 Å². The maximum atomic E-state index is 12.9. The van der Waals surface area contributed by atoms with Gasteiger partial charge in [0.25, 0.3) is 5.91 Å². The molecule has 2 amide bonds. The minimum atomic E-state index is -4.21. The second-order valence-electron chi connectivity index (χ2n) is 9.78. The summed E-state index contributed by atoms with van der Waals surface area (Å²) in [4.78, 5) is 55.6. The molecule has 0 fully saturated rings. The summed E-state index contributed by atoms with van der Waals surface area (Å²) in [6.07, 6.45) is 4.34. The van der Waals surface area contributed by atoms with E-state index >= 15 is 0 Å². The lowest BCUT2D eigenvalue weighted by molar-refractivity contribution is -0.115. The van der Waals surface area contributed by atoms with Gasteiger partial charge in [-0.1, -0.05) is 17.8 Å². The van der Waals surface area contributed by atoms with E-state index < -0.39 is 45.1 Å². The van der Waals surface area contributed by atoms with E-state index in [0.717, 1.165) is 47.5 Å². The fourth-order valence-corrected chi connectivity index (χ4v) is 8.21. The Morgan fingerprint density at radius 2 is 1.79 bits per heavy atom.